The lowest BCUT2D eigenvalue weighted by molar-refractivity contribution is -0.00000593. The average molecular weight is 439 g/mol. The van der Waals surface area contributed by atoms with Gasteiger partial charge in [-0.2, -0.15) is 0 Å². The SMILES string of the molecule is COc1cc(CNCc2ccccn2)ccc1OCc1ccc(Cl)c(Cl)c1.[Cl-]. The van der Waals surface area contributed by atoms with Crippen molar-refractivity contribution in [3.8, 4) is 11.5 Å². The molecule has 1 N–H and O–H groups in total. The number of aromatic nitrogens is 1. The topological polar surface area (TPSA) is 43.4 Å². The number of hydrogen-bond acceptors (Lipinski definition) is 4. The summed E-state index contributed by atoms with van der Waals surface area (Å²) in [5.74, 6) is 1.37. The quantitative estimate of drug-likeness (QED) is 0.586. The summed E-state index contributed by atoms with van der Waals surface area (Å²) in [6.45, 7) is 1.79. The molecular weight excluding hydrogens is 419 g/mol. The van der Waals surface area contributed by atoms with Crippen molar-refractivity contribution in [2.75, 3.05) is 7.11 Å². The minimum Gasteiger partial charge on any atom is -1.00 e. The van der Waals surface area contributed by atoms with Gasteiger partial charge in [0.15, 0.2) is 11.5 Å². The molecule has 0 spiro atoms. The number of ether oxygens (including phenoxy) is 2. The van der Waals surface area contributed by atoms with Gasteiger partial charge < -0.3 is 27.2 Å². The van der Waals surface area contributed by atoms with Crippen LogP contribution < -0.4 is 27.2 Å². The van der Waals surface area contributed by atoms with Gasteiger partial charge in [-0.25, -0.2) is 0 Å². The van der Waals surface area contributed by atoms with Gasteiger partial charge in [0.05, 0.1) is 22.8 Å². The van der Waals surface area contributed by atoms with Crippen molar-refractivity contribution >= 4 is 23.2 Å². The second-order valence-electron chi connectivity index (χ2n) is 5.95. The highest BCUT2D eigenvalue weighted by atomic mass is 35.5. The Balaban J connectivity index is 0.00000280. The molecule has 3 rings (SSSR count). The molecule has 0 atom stereocenters. The van der Waals surface area contributed by atoms with Crippen LogP contribution in [-0.4, -0.2) is 12.1 Å². The van der Waals surface area contributed by atoms with E-state index in [1.165, 1.54) is 0 Å². The molecule has 4 nitrogen and oxygen atoms in total. The molecule has 28 heavy (non-hydrogen) atoms. The fraction of sp³-hybridized carbons (Fsp3) is 0.190. The van der Waals surface area contributed by atoms with E-state index in [9.17, 15) is 0 Å². The Labute approximate surface area is 181 Å². The molecule has 0 saturated heterocycles. The van der Waals surface area contributed by atoms with Gasteiger partial charge in [-0.1, -0.05) is 41.4 Å². The molecule has 0 fully saturated rings. The molecule has 1 aromatic heterocycles. The van der Waals surface area contributed by atoms with Crippen molar-refractivity contribution in [2.24, 2.45) is 0 Å². The van der Waals surface area contributed by atoms with Crippen molar-refractivity contribution < 1.29 is 21.9 Å². The van der Waals surface area contributed by atoms with Gasteiger partial charge in [-0.05, 0) is 47.5 Å². The number of hydrogen-bond donors (Lipinski definition) is 1. The van der Waals surface area contributed by atoms with E-state index in [2.05, 4.69) is 10.3 Å². The Morgan fingerprint density at radius 2 is 1.71 bits per heavy atom. The zero-order chi connectivity index (χ0) is 19.1. The van der Waals surface area contributed by atoms with Gasteiger partial charge in [0.2, 0.25) is 0 Å². The smallest absolute Gasteiger partial charge is 0.161 e. The standard InChI is InChI=1S/C21H20Cl2N2O2.ClH/c1-26-21-11-15(12-24-13-17-4-2-3-9-25-17)6-8-20(21)27-14-16-5-7-18(22)19(23)10-16;/h2-11,24H,12-14H2,1H3;1H/p-1. The fourth-order valence-electron chi connectivity index (χ4n) is 2.57. The molecule has 7 heteroatoms. The molecule has 0 aliphatic rings. The van der Waals surface area contributed by atoms with Crippen LogP contribution in [0.15, 0.2) is 60.8 Å². The number of rotatable bonds is 8. The first-order valence-corrected chi connectivity index (χ1v) is 9.25. The molecule has 0 bridgehead atoms. The molecule has 3 aromatic rings. The van der Waals surface area contributed by atoms with Crippen LogP contribution in [0.5, 0.6) is 11.5 Å². The third-order valence-electron chi connectivity index (χ3n) is 3.97. The number of pyridine rings is 1. The molecule has 2 aromatic carbocycles. The number of nitrogens with one attached hydrogen (secondary N) is 1. The Morgan fingerprint density at radius 3 is 2.43 bits per heavy atom. The largest absolute Gasteiger partial charge is 1.00 e. The Hall–Kier alpha value is -1.98. The van der Waals surface area contributed by atoms with Gasteiger partial charge in [0.1, 0.15) is 6.61 Å². The second kappa shape index (κ2) is 11.1. The van der Waals surface area contributed by atoms with E-state index < -0.39 is 0 Å². The number of benzene rings is 2. The van der Waals surface area contributed by atoms with Gasteiger partial charge >= 0.3 is 0 Å². The van der Waals surface area contributed by atoms with Gasteiger partial charge in [0.25, 0.3) is 0 Å². The Morgan fingerprint density at radius 1 is 0.893 bits per heavy atom. The number of methoxy groups -OCH3 is 1. The molecule has 0 aliphatic heterocycles. The maximum Gasteiger partial charge on any atom is 0.161 e. The Bertz CT molecular complexity index is 892. The number of halogens is 3. The molecule has 0 unspecified atom stereocenters. The van der Waals surface area contributed by atoms with Crippen molar-refractivity contribution in [2.45, 2.75) is 19.7 Å². The minimum absolute atomic E-state index is 0. The second-order valence-corrected chi connectivity index (χ2v) is 6.76. The van der Waals surface area contributed by atoms with E-state index in [0.717, 1.165) is 16.8 Å². The van der Waals surface area contributed by atoms with Crippen LogP contribution in [0.25, 0.3) is 0 Å². The van der Waals surface area contributed by atoms with Crippen LogP contribution >= 0.6 is 23.2 Å². The summed E-state index contributed by atoms with van der Waals surface area (Å²) in [6.07, 6.45) is 1.79. The first-order chi connectivity index (χ1) is 13.2. The lowest BCUT2D eigenvalue weighted by Crippen LogP contribution is -3.00. The minimum atomic E-state index is 0. The zero-order valence-electron chi connectivity index (χ0n) is 15.3. The highest BCUT2D eigenvalue weighted by molar-refractivity contribution is 6.42. The van der Waals surface area contributed by atoms with Crippen LogP contribution in [0.3, 0.4) is 0 Å². The van der Waals surface area contributed by atoms with Crippen LogP contribution in [-0.2, 0) is 19.7 Å². The normalized spacial score (nSPS) is 10.2. The monoisotopic (exact) mass is 437 g/mol. The summed E-state index contributed by atoms with van der Waals surface area (Å²) in [4.78, 5) is 4.30. The van der Waals surface area contributed by atoms with Crippen LogP contribution in [0.1, 0.15) is 16.8 Å². The van der Waals surface area contributed by atoms with E-state index in [1.54, 1.807) is 25.4 Å². The van der Waals surface area contributed by atoms with E-state index in [0.29, 0.717) is 41.2 Å². The molecule has 0 saturated carbocycles. The predicted octanol–water partition coefficient (Wildman–Crippen LogP) is 2.27. The third kappa shape index (κ3) is 6.28. The summed E-state index contributed by atoms with van der Waals surface area (Å²) in [7, 11) is 1.63. The first kappa shape index (κ1) is 22.3. The zero-order valence-corrected chi connectivity index (χ0v) is 17.6. The van der Waals surface area contributed by atoms with Crippen LogP contribution in [0, 0.1) is 0 Å². The van der Waals surface area contributed by atoms with E-state index in [4.69, 9.17) is 32.7 Å². The molecule has 0 amide bonds. The van der Waals surface area contributed by atoms with E-state index in [1.807, 2.05) is 42.5 Å². The summed E-state index contributed by atoms with van der Waals surface area (Å²) in [6, 6.07) is 17.2. The predicted molar refractivity (Wildman–Crippen MR) is 109 cm³/mol. The third-order valence-corrected chi connectivity index (χ3v) is 4.71. The van der Waals surface area contributed by atoms with Gasteiger partial charge in [-0.15, -0.1) is 0 Å². The summed E-state index contributed by atoms with van der Waals surface area (Å²) in [5, 5.41) is 4.41. The molecule has 1 heterocycles. The van der Waals surface area contributed by atoms with E-state index in [-0.39, 0.29) is 12.4 Å². The molecule has 0 radical (unpaired) electrons. The lowest BCUT2D eigenvalue weighted by Gasteiger charge is -2.13. The average Bonchev–Trinajstić information content (AvgIpc) is 2.70. The highest BCUT2D eigenvalue weighted by Gasteiger charge is 2.07. The maximum absolute atomic E-state index is 6.04. The fourth-order valence-corrected chi connectivity index (χ4v) is 2.89. The lowest BCUT2D eigenvalue weighted by atomic mass is 10.2. The summed E-state index contributed by atoms with van der Waals surface area (Å²) >= 11 is 12.0. The maximum atomic E-state index is 6.04. The molecule has 0 aliphatic carbocycles. The number of nitrogens with zero attached hydrogens (tertiary/aromatic N) is 1. The van der Waals surface area contributed by atoms with Crippen molar-refractivity contribution in [3.05, 3.63) is 87.7 Å². The van der Waals surface area contributed by atoms with Crippen molar-refractivity contribution in [1.29, 1.82) is 0 Å². The van der Waals surface area contributed by atoms with Crippen molar-refractivity contribution in [1.82, 2.24) is 10.3 Å². The van der Waals surface area contributed by atoms with Gasteiger partial charge in [0, 0.05) is 19.3 Å². The van der Waals surface area contributed by atoms with Crippen LogP contribution in [0.2, 0.25) is 10.0 Å². The van der Waals surface area contributed by atoms with Gasteiger partial charge in [-0.3, -0.25) is 4.98 Å². The molecular formula is C21H20Cl3N2O2-. The molecule has 148 valence electrons. The first-order valence-electron chi connectivity index (χ1n) is 8.50. The Kier molecular flexibility index (Phi) is 8.87. The van der Waals surface area contributed by atoms with E-state index >= 15 is 0 Å². The van der Waals surface area contributed by atoms with Crippen molar-refractivity contribution in [3.63, 3.8) is 0 Å². The highest BCUT2D eigenvalue weighted by Crippen LogP contribution is 2.29. The van der Waals surface area contributed by atoms with Crippen LogP contribution in [0.4, 0.5) is 0 Å². The summed E-state index contributed by atoms with van der Waals surface area (Å²) < 4.78 is 11.4. The summed E-state index contributed by atoms with van der Waals surface area (Å²) in [5.41, 5.74) is 3.04.